The van der Waals surface area contributed by atoms with Crippen molar-refractivity contribution in [3.05, 3.63) is 61.2 Å². The molecule has 33 heavy (non-hydrogen) atoms. The summed E-state index contributed by atoms with van der Waals surface area (Å²) < 4.78 is 52.8. The number of hydrogen-bond acceptors (Lipinski definition) is 5. The van der Waals surface area contributed by atoms with E-state index in [2.05, 4.69) is 15.2 Å². The maximum atomic E-state index is 12.3. The SMILES string of the molecule is O=C(Nc1cnn(COCC(F)(F)F)c1)c1ccc(COc2c(Cl)c(Cl)c(Cl)c(Cl)c2Cl)o1. The van der Waals surface area contributed by atoms with E-state index < -0.39 is 25.4 Å². The van der Waals surface area contributed by atoms with E-state index in [4.69, 9.17) is 67.2 Å². The van der Waals surface area contributed by atoms with Crippen LogP contribution in [0.4, 0.5) is 18.9 Å². The molecule has 178 valence electrons. The van der Waals surface area contributed by atoms with Gasteiger partial charge in [-0.25, -0.2) is 4.68 Å². The molecule has 0 radical (unpaired) electrons. The number of nitrogens with zero attached hydrogens (tertiary/aromatic N) is 2. The number of halogens is 8. The van der Waals surface area contributed by atoms with E-state index in [0.717, 1.165) is 4.68 Å². The molecule has 0 unspecified atom stereocenters. The van der Waals surface area contributed by atoms with Crippen molar-refractivity contribution in [3.63, 3.8) is 0 Å². The fourth-order valence-corrected chi connectivity index (χ4v) is 3.61. The van der Waals surface area contributed by atoms with Gasteiger partial charge in [0.25, 0.3) is 5.91 Å². The number of carbonyl (C=O) groups excluding carboxylic acids is 1. The summed E-state index contributed by atoms with van der Waals surface area (Å²) in [5, 5.41) is 6.10. The van der Waals surface area contributed by atoms with E-state index in [0.29, 0.717) is 0 Å². The van der Waals surface area contributed by atoms with Crippen LogP contribution < -0.4 is 10.1 Å². The third kappa shape index (κ3) is 6.62. The summed E-state index contributed by atoms with van der Waals surface area (Å²) in [7, 11) is 0. The van der Waals surface area contributed by atoms with Gasteiger partial charge in [-0.15, -0.1) is 0 Å². The summed E-state index contributed by atoms with van der Waals surface area (Å²) in [6, 6.07) is 2.86. The molecule has 0 aliphatic carbocycles. The van der Waals surface area contributed by atoms with Crippen LogP contribution in [-0.2, 0) is 18.1 Å². The zero-order valence-electron chi connectivity index (χ0n) is 16.0. The first kappa shape index (κ1) is 25.8. The molecular weight excluding hydrogens is 556 g/mol. The number of rotatable bonds is 8. The third-order valence-electron chi connectivity index (χ3n) is 3.79. The van der Waals surface area contributed by atoms with Crippen molar-refractivity contribution in [2.45, 2.75) is 19.5 Å². The number of alkyl halides is 3. The number of anilines is 1. The molecule has 0 aliphatic heterocycles. The average molecular weight is 568 g/mol. The standard InChI is InChI=1S/C18H11Cl5F3N3O4/c19-11-12(20)14(22)16(15(23)13(11)21)32-5-9-1-2-10(33-9)17(30)28-8-3-27-29(4-8)7-31-6-18(24,25)26/h1-4H,5-7H2,(H,28,30). The Morgan fingerprint density at radius 1 is 1.06 bits per heavy atom. The first-order chi connectivity index (χ1) is 15.5. The van der Waals surface area contributed by atoms with Crippen molar-refractivity contribution in [1.82, 2.24) is 9.78 Å². The molecule has 1 aromatic carbocycles. The Morgan fingerprint density at radius 3 is 2.33 bits per heavy atom. The Bertz CT molecular complexity index is 1140. The second kappa shape index (κ2) is 10.6. The quantitative estimate of drug-likeness (QED) is 0.232. The molecule has 0 saturated heterocycles. The van der Waals surface area contributed by atoms with Crippen molar-refractivity contribution < 1.29 is 31.9 Å². The second-order valence-electron chi connectivity index (χ2n) is 6.27. The lowest BCUT2D eigenvalue weighted by Crippen LogP contribution is -2.18. The summed E-state index contributed by atoms with van der Waals surface area (Å²) in [5.74, 6) is -0.476. The van der Waals surface area contributed by atoms with Gasteiger partial charge in [0.05, 0.1) is 33.1 Å². The Labute approximate surface area is 209 Å². The molecule has 1 N–H and O–H groups in total. The smallest absolute Gasteiger partial charge is 0.411 e. The van der Waals surface area contributed by atoms with Crippen LogP contribution in [0, 0.1) is 0 Å². The number of amides is 1. The Hall–Kier alpha value is -1.82. The van der Waals surface area contributed by atoms with Gasteiger partial charge in [0.15, 0.2) is 11.5 Å². The number of benzene rings is 1. The number of hydrogen-bond donors (Lipinski definition) is 1. The Kier molecular flexibility index (Phi) is 8.31. The van der Waals surface area contributed by atoms with Gasteiger partial charge < -0.3 is 19.2 Å². The number of aromatic nitrogens is 2. The molecule has 0 aliphatic rings. The van der Waals surface area contributed by atoms with E-state index in [1.807, 2.05) is 0 Å². The van der Waals surface area contributed by atoms with E-state index in [1.165, 1.54) is 24.5 Å². The minimum absolute atomic E-state index is 0.0136. The number of furan rings is 1. The Morgan fingerprint density at radius 2 is 1.70 bits per heavy atom. The highest BCUT2D eigenvalue weighted by Gasteiger charge is 2.27. The first-order valence-electron chi connectivity index (χ1n) is 8.67. The lowest BCUT2D eigenvalue weighted by atomic mass is 10.3. The third-order valence-corrected chi connectivity index (χ3v) is 6.04. The highest BCUT2D eigenvalue weighted by Crippen LogP contribution is 2.48. The molecule has 2 heterocycles. The topological polar surface area (TPSA) is 78.5 Å². The van der Waals surface area contributed by atoms with Gasteiger partial charge in [0.1, 0.15) is 35.8 Å². The summed E-state index contributed by atoms with van der Waals surface area (Å²) >= 11 is 30.1. The van der Waals surface area contributed by atoms with Crippen molar-refractivity contribution in [3.8, 4) is 5.75 Å². The zero-order valence-corrected chi connectivity index (χ0v) is 19.8. The van der Waals surface area contributed by atoms with Gasteiger partial charge >= 0.3 is 6.18 Å². The van der Waals surface area contributed by atoms with Crippen LogP contribution in [0.3, 0.4) is 0 Å². The van der Waals surface area contributed by atoms with Crippen LogP contribution in [-0.4, -0.2) is 28.5 Å². The van der Waals surface area contributed by atoms with E-state index >= 15 is 0 Å². The van der Waals surface area contributed by atoms with Gasteiger partial charge in [-0.3, -0.25) is 4.79 Å². The predicted octanol–water partition coefficient (Wildman–Crippen LogP) is 7.11. The van der Waals surface area contributed by atoms with Crippen LogP contribution in [0.15, 0.2) is 28.9 Å². The lowest BCUT2D eigenvalue weighted by Gasteiger charge is -2.12. The van der Waals surface area contributed by atoms with Gasteiger partial charge in [0.2, 0.25) is 0 Å². The van der Waals surface area contributed by atoms with E-state index in [1.54, 1.807) is 0 Å². The second-order valence-corrected chi connectivity index (χ2v) is 8.16. The lowest BCUT2D eigenvalue weighted by molar-refractivity contribution is -0.182. The summed E-state index contributed by atoms with van der Waals surface area (Å²) in [5.41, 5.74) is 0.217. The average Bonchev–Trinajstić information content (AvgIpc) is 3.39. The normalized spacial score (nSPS) is 11.6. The summed E-state index contributed by atoms with van der Waals surface area (Å²) in [4.78, 5) is 12.3. The highest BCUT2D eigenvalue weighted by atomic mass is 35.5. The van der Waals surface area contributed by atoms with Gasteiger partial charge in [-0.05, 0) is 12.1 Å². The van der Waals surface area contributed by atoms with E-state index in [-0.39, 0.29) is 54.7 Å². The van der Waals surface area contributed by atoms with Crippen molar-refractivity contribution >= 4 is 69.6 Å². The van der Waals surface area contributed by atoms with Crippen LogP contribution >= 0.6 is 58.0 Å². The number of ether oxygens (including phenoxy) is 2. The Balaban J connectivity index is 1.58. The van der Waals surface area contributed by atoms with Crippen molar-refractivity contribution in [2.75, 3.05) is 11.9 Å². The van der Waals surface area contributed by atoms with Crippen molar-refractivity contribution in [2.24, 2.45) is 0 Å². The van der Waals surface area contributed by atoms with E-state index in [9.17, 15) is 18.0 Å². The van der Waals surface area contributed by atoms with Gasteiger partial charge in [-0.2, -0.15) is 18.3 Å². The molecule has 3 rings (SSSR count). The summed E-state index contributed by atoms with van der Waals surface area (Å²) in [6.45, 7) is -2.03. The summed E-state index contributed by atoms with van der Waals surface area (Å²) in [6.07, 6.45) is -1.92. The van der Waals surface area contributed by atoms with Crippen LogP contribution in [0.25, 0.3) is 0 Å². The number of carbonyl (C=O) groups is 1. The molecule has 2 aromatic heterocycles. The fraction of sp³-hybridized carbons (Fsp3) is 0.222. The molecule has 0 atom stereocenters. The van der Waals surface area contributed by atoms with Crippen molar-refractivity contribution in [1.29, 1.82) is 0 Å². The number of nitrogens with one attached hydrogen (secondary N) is 1. The van der Waals surface area contributed by atoms with Crippen LogP contribution in [0.5, 0.6) is 5.75 Å². The zero-order chi connectivity index (χ0) is 24.3. The molecular formula is C18H11Cl5F3N3O4. The molecule has 0 saturated carbocycles. The minimum Gasteiger partial charge on any atom is -0.482 e. The maximum Gasteiger partial charge on any atom is 0.411 e. The monoisotopic (exact) mass is 565 g/mol. The molecule has 15 heteroatoms. The largest absolute Gasteiger partial charge is 0.482 e. The molecule has 7 nitrogen and oxygen atoms in total. The minimum atomic E-state index is -4.45. The maximum absolute atomic E-state index is 12.3. The van der Waals surface area contributed by atoms with Crippen LogP contribution in [0.2, 0.25) is 25.1 Å². The fourth-order valence-electron chi connectivity index (χ4n) is 2.38. The van der Waals surface area contributed by atoms with Gasteiger partial charge in [0, 0.05) is 0 Å². The molecule has 0 spiro atoms. The first-order valence-corrected chi connectivity index (χ1v) is 10.6. The molecule has 1 amide bonds. The molecule has 0 bridgehead atoms. The molecule has 3 aromatic rings. The van der Waals surface area contributed by atoms with Gasteiger partial charge in [-0.1, -0.05) is 58.0 Å². The van der Waals surface area contributed by atoms with Crippen LogP contribution in [0.1, 0.15) is 16.3 Å². The predicted molar refractivity (Wildman–Crippen MR) is 117 cm³/mol. The highest BCUT2D eigenvalue weighted by molar-refractivity contribution is 6.55. The molecule has 0 fully saturated rings.